The number of hydrogen-bond donors (Lipinski definition) is 1. The van der Waals surface area contributed by atoms with Crippen LogP contribution in [0.15, 0.2) is 24.5 Å². The van der Waals surface area contributed by atoms with Gasteiger partial charge in [-0.25, -0.2) is 27.8 Å². The molecule has 0 radical (unpaired) electrons. The lowest BCUT2D eigenvalue weighted by atomic mass is 10.1. The van der Waals surface area contributed by atoms with Gasteiger partial charge in [-0.1, -0.05) is 11.3 Å². The molecule has 1 aliphatic rings. The standard InChI is InChI=1S/C17H18FN5O2S2/c1-10(2)27(24,25)23-6-5-13-12(8-23)16(20-9-19-13)22-17-21-14-4-3-11(18)7-15(14)26-17/h3-4,7,9-10H,5-6,8H2,1-2H3,(H,19,20,21,22). The van der Waals surface area contributed by atoms with Crippen molar-refractivity contribution in [3.05, 3.63) is 41.6 Å². The van der Waals surface area contributed by atoms with Crippen LogP contribution in [0.25, 0.3) is 10.2 Å². The molecule has 1 aromatic carbocycles. The third-order valence-electron chi connectivity index (χ3n) is 4.50. The smallest absolute Gasteiger partial charge is 0.216 e. The Morgan fingerprint density at radius 3 is 2.89 bits per heavy atom. The molecule has 1 N–H and O–H groups in total. The lowest BCUT2D eigenvalue weighted by Gasteiger charge is -2.29. The Kier molecular flexibility index (Phi) is 4.57. The Morgan fingerprint density at radius 1 is 1.30 bits per heavy atom. The third kappa shape index (κ3) is 3.40. The number of benzene rings is 1. The van der Waals surface area contributed by atoms with Crippen LogP contribution >= 0.6 is 11.3 Å². The molecular formula is C17H18FN5O2S2. The van der Waals surface area contributed by atoms with Crippen molar-refractivity contribution in [1.82, 2.24) is 19.3 Å². The maximum absolute atomic E-state index is 13.4. The first-order chi connectivity index (χ1) is 12.8. The Morgan fingerprint density at radius 2 is 2.11 bits per heavy atom. The van der Waals surface area contributed by atoms with Gasteiger partial charge >= 0.3 is 0 Å². The fourth-order valence-corrected chi connectivity index (χ4v) is 5.13. The molecule has 2 aromatic heterocycles. The minimum absolute atomic E-state index is 0.221. The number of fused-ring (bicyclic) bond motifs is 2. The summed E-state index contributed by atoms with van der Waals surface area (Å²) in [6.45, 7) is 3.97. The van der Waals surface area contributed by atoms with Gasteiger partial charge < -0.3 is 5.32 Å². The molecule has 0 atom stereocenters. The second-order valence-corrected chi connectivity index (χ2v) is 10.1. The summed E-state index contributed by atoms with van der Waals surface area (Å²) in [6.07, 6.45) is 1.99. The highest BCUT2D eigenvalue weighted by atomic mass is 32.2. The second kappa shape index (κ2) is 6.77. The van der Waals surface area contributed by atoms with Crippen LogP contribution in [-0.2, 0) is 23.0 Å². The molecule has 10 heteroatoms. The van der Waals surface area contributed by atoms with Crippen molar-refractivity contribution >= 4 is 42.5 Å². The van der Waals surface area contributed by atoms with E-state index in [0.717, 1.165) is 16.0 Å². The first-order valence-corrected chi connectivity index (χ1v) is 10.8. The van der Waals surface area contributed by atoms with Crippen LogP contribution in [0.4, 0.5) is 15.3 Å². The number of nitrogens with zero attached hydrogens (tertiary/aromatic N) is 4. The molecule has 0 saturated heterocycles. The number of rotatable bonds is 4. The first-order valence-electron chi connectivity index (χ1n) is 8.49. The molecule has 0 saturated carbocycles. The van der Waals surface area contributed by atoms with E-state index in [2.05, 4.69) is 20.3 Å². The zero-order chi connectivity index (χ0) is 19.2. The van der Waals surface area contributed by atoms with Gasteiger partial charge in [-0.15, -0.1) is 0 Å². The van der Waals surface area contributed by atoms with E-state index in [1.165, 1.54) is 34.1 Å². The molecular weight excluding hydrogens is 389 g/mol. The lowest BCUT2D eigenvalue weighted by Crippen LogP contribution is -2.40. The van der Waals surface area contributed by atoms with Gasteiger partial charge in [-0.3, -0.25) is 0 Å². The summed E-state index contributed by atoms with van der Waals surface area (Å²) < 4.78 is 40.7. The van der Waals surface area contributed by atoms with Crippen LogP contribution in [0.3, 0.4) is 0 Å². The molecule has 0 spiro atoms. The predicted molar refractivity (Wildman–Crippen MR) is 103 cm³/mol. The predicted octanol–water partition coefficient (Wildman–Crippen LogP) is 3.07. The van der Waals surface area contributed by atoms with Gasteiger partial charge in [0, 0.05) is 25.1 Å². The van der Waals surface area contributed by atoms with E-state index in [0.29, 0.717) is 29.4 Å². The van der Waals surface area contributed by atoms with Crippen molar-refractivity contribution in [3.8, 4) is 0 Å². The average Bonchev–Trinajstić information content (AvgIpc) is 3.02. The van der Waals surface area contributed by atoms with E-state index >= 15 is 0 Å². The number of aromatic nitrogens is 3. The van der Waals surface area contributed by atoms with E-state index in [1.807, 2.05) is 0 Å². The summed E-state index contributed by atoms with van der Waals surface area (Å²) in [5.74, 6) is 0.217. The van der Waals surface area contributed by atoms with Gasteiger partial charge in [-0.2, -0.15) is 4.31 Å². The summed E-state index contributed by atoms with van der Waals surface area (Å²) >= 11 is 1.31. The molecule has 0 aliphatic carbocycles. The summed E-state index contributed by atoms with van der Waals surface area (Å²) in [7, 11) is -3.36. The second-order valence-electron chi connectivity index (χ2n) is 6.58. The van der Waals surface area contributed by atoms with Gasteiger partial charge in [0.15, 0.2) is 5.13 Å². The zero-order valence-corrected chi connectivity index (χ0v) is 16.4. The topological polar surface area (TPSA) is 88.1 Å². The maximum atomic E-state index is 13.4. The zero-order valence-electron chi connectivity index (χ0n) is 14.8. The summed E-state index contributed by atoms with van der Waals surface area (Å²) in [5.41, 5.74) is 2.27. The molecule has 142 valence electrons. The normalized spacial score (nSPS) is 15.3. The van der Waals surface area contributed by atoms with Gasteiger partial charge in [0.05, 0.1) is 21.2 Å². The number of thiazole rings is 1. The van der Waals surface area contributed by atoms with E-state index in [-0.39, 0.29) is 12.4 Å². The molecule has 3 heterocycles. The molecule has 1 aliphatic heterocycles. The summed E-state index contributed by atoms with van der Waals surface area (Å²) in [5, 5.41) is 3.24. The van der Waals surface area contributed by atoms with E-state index in [4.69, 9.17) is 0 Å². The number of halogens is 1. The molecule has 27 heavy (non-hydrogen) atoms. The van der Waals surface area contributed by atoms with Crippen molar-refractivity contribution in [2.75, 3.05) is 11.9 Å². The fourth-order valence-electron chi connectivity index (χ4n) is 2.99. The molecule has 7 nitrogen and oxygen atoms in total. The Hall–Kier alpha value is -2.17. The van der Waals surface area contributed by atoms with Crippen molar-refractivity contribution in [2.45, 2.75) is 32.1 Å². The molecule has 3 aromatic rings. The average molecular weight is 407 g/mol. The van der Waals surface area contributed by atoms with Gasteiger partial charge in [0.25, 0.3) is 0 Å². The number of nitrogens with one attached hydrogen (secondary N) is 1. The summed E-state index contributed by atoms with van der Waals surface area (Å²) in [6, 6.07) is 4.43. The van der Waals surface area contributed by atoms with Crippen molar-refractivity contribution in [2.24, 2.45) is 0 Å². The van der Waals surface area contributed by atoms with Crippen molar-refractivity contribution in [3.63, 3.8) is 0 Å². The van der Waals surface area contributed by atoms with Crippen LogP contribution in [0.1, 0.15) is 25.1 Å². The van der Waals surface area contributed by atoms with E-state index in [1.54, 1.807) is 19.9 Å². The minimum atomic E-state index is -3.36. The number of sulfonamides is 1. The highest BCUT2D eigenvalue weighted by molar-refractivity contribution is 7.89. The maximum Gasteiger partial charge on any atom is 0.216 e. The lowest BCUT2D eigenvalue weighted by molar-refractivity contribution is 0.383. The van der Waals surface area contributed by atoms with Crippen LogP contribution in [0.2, 0.25) is 0 Å². The monoisotopic (exact) mass is 407 g/mol. The molecule has 0 unspecified atom stereocenters. The first kappa shape index (κ1) is 18.2. The highest BCUT2D eigenvalue weighted by Gasteiger charge is 2.31. The number of anilines is 2. The van der Waals surface area contributed by atoms with Crippen molar-refractivity contribution in [1.29, 1.82) is 0 Å². The largest absolute Gasteiger partial charge is 0.316 e. The minimum Gasteiger partial charge on any atom is -0.316 e. The van der Waals surface area contributed by atoms with Gasteiger partial charge in [-0.05, 0) is 32.0 Å². The fraction of sp³-hybridized carbons (Fsp3) is 0.353. The SMILES string of the molecule is CC(C)S(=O)(=O)N1CCc2ncnc(Nc3nc4ccc(F)cc4s3)c2C1. The van der Waals surface area contributed by atoms with Crippen LogP contribution in [-0.4, -0.2) is 39.5 Å². The Balaban J connectivity index is 1.67. The molecule has 0 fully saturated rings. The van der Waals surface area contributed by atoms with Gasteiger partial charge in [0.2, 0.25) is 10.0 Å². The Labute approximate surface area is 160 Å². The van der Waals surface area contributed by atoms with E-state index in [9.17, 15) is 12.8 Å². The Bertz CT molecular complexity index is 1110. The van der Waals surface area contributed by atoms with Crippen LogP contribution in [0, 0.1) is 5.82 Å². The molecule has 0 amide bonds. The van der Waals surface area contributed by atoms with Crippen LogP contribution in [0.5, 0.6) is 0 Å². The number of hydrogen-bond acceptors (Lipinski definition) is 7. The molecule has 4 rings (SSSR count). The highest BCUT2D eigenvalue weighted by Crippen LogP contribution is 2.31. The van der Waals surface area contributed by atoms with E-state index < -0.39 is 15.3 Å². The van der Waals surface area contributed by atoms with Crippen LogP contribution < -0.4 is 5.32 Å². The molecule has 0 bridgehead atoms. The third-order valence-corrected chi connectivity index (χ3v) is 7.65. The van der Waals surface area contributed by atoms with Gasteiger partial charge in [0.1, 0.15) is 18.0 Å². The summed E-state index contributed by atoms with van der Waals surface area (Å²) in [4.78, 5) is 13.0. The van der Waals surface area contributed by atoms with Crippen molar-refractivity contribution < 1.29 is 12.8 Å². The quantitative estimate of drug-likeness (QED) is 0.715.